The first-order valence-corrected chi connectivity index (χ1v) is 10.1. The number of carbonyl (C=O) groups is 1. The Labute approximate surface area is 202 Å². The summed E-state index contributed by atoms with van der Waals surface area (Å²) in [5.74, 6) is 1.18. The average Bonchev–Trinajstić information content (AvgIpc) is 2.88. The highest BCUT2D eigenvalue weighted by molar-refractivity contribution is 14.0. The van der Waals surface area contributed by atoms with Gasteiger partial charge in [0, 0.05) is 32.4 Å². The summed E-state index contributed by atoms with van der Waals surface area (Å²) < 4.78 is 16.8. The Morgan fingerprint density at radius 2 is 2.03 bits per heavy atom. The lowest BCUT2D eigenvalue weighted by Gasteiger charge is -2.35. The number of aliphatic imine (C=N–C) groups is 1. The minimum absolute atomic E-state index is 0. The molecule has 1 aliphatic heterocycles. The standard InChI is InChI=1S/C21H35N5O4.HI/c1-14-16(26(21(5,6)29-14)19(27)30-20(2,3)4)13-25-18(22-7)24-12-15-9-10-23-17(11-15)28-8;/h9-11,14,16H,12-13H2,1-8H3,(H2,22,24,25);1H. The molecule has 10 heteroatoms. The SMILES string of the molecule is CN=C(NCc1ccnc(OC)c1)NCC1C(C)OC(C)(C)N1C(=O)OC(C)(C)C.I. The molecule has 0 radical (unpaired) electrons. The molecule has 1 aliphatic rings. The summed E-state index contributed by atoms with van der Waals surface area (Å²) in [5, 5.41) is 6.55. The molecule has 1 fully saturated rings. The van der Waals surface area contributed by atoms with Crippen molar-refractivity contribution in [2.45, 2.75) is 71.6 Å². The van der Waals surface area contributed by atoms with E-state index in [0.29, 0.717) is 24.9 Å². The van der Waals surface area contributed by atoms with Crippen LogP contribution in [-0.2, 0) is 16.0 Å². The molecule has 2 heterocycles. The van der Waals surface area contributed by atoms with Crippen molar-refractivity contribution in [1.29, 1.82) is 0 Å². The molecule has 1 aromatic rings. The van der Waals surface area contributed by atoms with E-state index in [0.717, 1.165) is 5.56 Å². The minimum Gasteiger partial charge on any atom is -0.481 e. The van der Waals surface area contributed by atoms with Crippen molar-refractivity contribution in [3.63, 3.8) is 0 Å². The third kappa shape index (κ3) is 7.67. The van der Waals surface area contributed by atoms with E-state index < -0.39 is 17.4 Å². The topological polar surface area (TPSA) is 97.3 Å². The second-order valence-electron chi connectivity index (χ2n) is 8.70. The second kappa shape index (κ2) is 11.2. The molecule has 1 aromatic heterocycles. The largest absolute Gasteiger partial charge is 0.481 e. The number of aromatic nitrogens is 1. The van der Waals surface area contributed by atoms with Gasteiger partial charge in [-0.15, -0.1) is 24.0 Å². The van der Waals surface area contributed by atoms with E-state index in [2.05, 4.69) is 20.6 Å². The van der Waals surface area contributed by atoms with Gasteiger partial charge in [0.15, 0.2) is 5.96 Å². The Morgan fingerprint density at radius 3 is 2.61 bits per heavy atom. The van der Waals surface area contributed by atoms with E-state index in [-0.39, 0.29) is 36.1 Å². The number of pyridine rings is 1. The molecule has 2 rings (SSSR count). The van der Waals surface area contributed by atoms with E-state index >= 15 is 0 Å². The van der Waals surface area contributed by atoms with Gasteiger partial charge in [-0.2, -0.15) is 0 Å². The number of hydrogen-bond acceptors (Lipinski definition) is 6. The van der Waals surface area contributed by atoms with Crippen LogP contribution in [-0.4, -0.2) is 66.1 Å². The zero-order valence-electron chi connectivity index (χ0n) is 19.7. The predicted octanol–water partition coefficient (Wildman–Crippen LogP) is 3.13. The molecule has 0 saturated carbocycles. The van der Waals surface area contributed by atoms with Gasteiger partial charge in [0.05, 0.1) is 19.3 Å². The summed E-state index contributed by atoms with van der Waals surface area (Å²) in [5.41, 5.74) is -0.336. The van der Waals surface area contributed by atoms with Crippen molar-refractivity contribution in [2.75, 3.05) is 20.7 Å². The summed E-state index contributed by atoms with van der Waals surface area (Å²) >= 11 is 0. The highest BCUT2D eigenvalue weighted by atomic mass is 127. The van der Waals surface area contributed by atoms with Gasteiger partial charge in [0.25, 0.3) is 0 Å². The lowest BCUT2D eigenvalue weighted by molar-refractivity contribution is -0.0755. The molecule has 0 spiro atoms. The van der Waals surface area contributed by atoms with Gasteiger partial charge in [0.2, 0.25) is 5.88 Å². The third-order valence-electron chi connectivity index (χ3n) is 4.69. The first-order chi connectivity index (χ1) is 14.0. The molecule has 0 aliphatic carbocycles. The van der Waals surface area contributed by atoms with Crippen LogP contribution in [0.3, 0.4) is 0 Å². The Kier molecular flexibility index (Phi) is 9.80. The molecule has 2 unspecified atom stereocenters. The fraction of sp³-hybridized carbons (Fsp3) is 0.667. The monoisotopic (exact) mass is 549 g/mol. The number of rotatable bonds is 5. The van der Waals surface area contributed by atoms with Crippen LogP contribution in [0.15, 0.2) is 23.3 Å². The average molecular weight is 549 g/mol. The number of ether oxygens (including phenoxy) is 3. The summed E-state index contributed by atoms with van der Waals surface area (Å²) in [6, 6.07) is 3.55. The third-order valence-corrected chi connectivity index (χ3v) is 4.69. The molecular weight excluding hydrogens is 513 g/mol. The normalized spacial score (nSPS) is 20.6. The van der Waals surface area contributed by atoms with Crippen LogP contribution in [0.25, 0.3) is 0 Å². The highest BCUT2D eigenvalue weighted by Crippen LogP contribution is 2.33. The number of guanidine groups is 1. The highest BCUT2D eigenvalue weighted by Gasteiger charge is 2.49. The maximum absolute atomic E-state index is 12.9. The van der Waals surface area contributed by atoms with Crippen molar-refractivity contribution >= 4 is 36.0 Å². The van der Waals surface area contributed by atoms with E-state index in [9.17, 15) is 4.79 Å². The van der Waals surface area contributed by atoms with Crippen molar-refractivity contribution in [2.24, 2.45) is 4.99 Å². The number of methoxy groups -OCH3 is 1. The van der Waals surface area contributed by atoms with E-state index in [1.807, 2.05) is 53.7 Å². The summed E-state index contributed by atoms with van der Waals surface area (Å²) in [7, 11) is 3.29. The van der Waals surface area contributed by atoms with E-state index in [1.54, 1.807) is 25.3 Å². The second-order valence-corrected chi connectivity index (χ2v) is 8.70. The number of amides is 1. The first kappa shape index (κ1) is 27.2. The van der Waals surface area contributed by atoms with E-state index in [4.69, 9.17) is 14.2 Å². The molecule has 2 N–H and O–H groups in total. The van der Waals surface area contributed by atoms with Gasteiger partial charge in [0.1, 0.15) is 11.3 Å². The number of carbonyl (C=O) groups excluding carboxylic acids is 1. The molecular formula is C21H36IN5O4. The van der Waals surface area contributed by atoms with Crippen molar-refractivity contribution in [3.8, 4) is 5.88 Å². The number of halogens is 1. The van der Waals surface area contributed by atoms with Gasteiger partial charge >= 0.3 is 6.09 Å². The Hall–Kier alpha value is -1.82. The zero-order chi connectivity index (χ0) is 22.5. The van der Waals surface area contributed by atoms with Crippen molar-refractivity contribution in [3.05, 3.63) is 23.9 Å². The lowest BCUT2D eigenvalue weighted by Crippen LogP contribution is -2.54. The van der Waals surface area contributed by atoms with Gasteiger partial charge in [-0.05, 0) is 53.2 Å². The number of hydrogen-bond donors (Lipinski definition) is 2. The number of nitrogens with zero attached hydrogens (tertiary/aromatic N) is 3. The maximum atomic E-state index is 12.9. The molecule has 176 valence electrons. The van der Waals surface area contributed by atoms with Gasteiger partial charge in [-0.25, -0.2) is 9.78 Å². The predicted molar refractivity (Wildman–Crippen MR) is 131 cm³/mol. The quantitative estimate of drug-likeness (QED) is 0.331. The molecule has 1 saturated heterocycles. The Bertz CT molecular complexity index is 766. The van der Waals surface area contributed by atoms with Crippen LogP contribution in [0.1, 0.15) is 47.1 Å². The number of nitrogens with one attached hydrogen (secondary N) is 2. The first-order valence-electron chi connectivity index (χ1n) is 10.1. The summed E-state index contributed by atoms with van der Waals surface area (Å²) in [6.45, 7) is 12.3. The van der Waals surface area contributed by atoms with Crippen LogP contribution in [0, 0.1) is 0 Å². The van der Waals surface area contributed by atoms with Crippen LogP contribution < -0.4 is 15.4 Å². The van der Waals surface area contributed by atoms with Crippen molar-refractivity contribution in [1.82, 2.24) is 20.5 Å². The van der Waals surface area contributed by atoms with Crippen LogP contribution in [0.5, 0.6) is 5.88 Å². The van der Waals surface area contributed by atoms with Crippen LogP contribution in [0.4, 0.5) is 4.79 Å². The molecule has 0 aromatic carbocycles. The summed E-state index contributed by atoms with van der Waals surface area (Å²) in [6.07, 6.45) is 1.14. The van der Waals surface area contributed by atoms with Gasteiger partial charge in [-0.3, -0.25) is 9.89 Å². The van der Waals surface area contributed by atoms with Gasteiger partial charge in [-0.1, -0.05) is 0 Å². The molecule has 0 bridgehead atoms. The Balaban J connectivity index is 0.00000480. The smallest absolute Gasteiger partial charge is 0.412 e. The molecule has 2 atom stereocenters. The maximum Gasteiger partial charge on any atom is 0.412 e. The summed E-state index contributed by atoms with van der Waals surface area (Å²) in [4.78, 5) is 22.9. The van der Waals surface area contributed by atoms with Crippen LogP contribution in [0.2, 0.25) is 0 Å². The van der Waals surface area contributed by atoms with Gasteiger partial charge < -0.3 is 24.8 Å². The molecule has 9 nitrogen and oxygen atoms in total. The van der Waals surface area contributed by atoms with E-state index in [1.165, 1.54) is 0 Å². The molecule has 1 amide bonds. The fourth-order valence-electron chi connectivity index (χ4n) is 3.40. The Morgan fingerprint density at radius 1 is 1.35 bits per heavy atom. The lowest BCUT2D eigenvalue weighted by atomic mass is 10.1. The fourth-order valence-corrected chi connectivity index (χ4v) is 3.40. The minimum atomic E-state index is -0.765. The van der Waals surface area contributed by atoms with Crippen molar-refractivity contribution < 1.29 is 19.0 Å². The zero-order valence-corrected chi connectivity index (χ0v) is 22.0. The molecule has 31 heavy (non-hydrogen) atoms. The van der Waals surface area contributed by atoms with Crippen LogP contribution >= 0.6 is 24.0 Å².